The summed E-state index contributed by atoms with van der Waals surface area (Å²) in [6.45, 7) is 2.19. The van der Waals surface area contributed by atoms with E-state index in [-0.39, 0.29) is 16.9 Å². The van der Waals surface area contributed by atoms with Gasteiger partial charge in [0.05, 0.1) is 5.56 Å². The van der Waals surface area contributed by atoms with Crippen molar-refractivity contribution in [3.63, 3.8) is 0 Å². The van der Waals surface area contributed by atoms with Gasteiger partial charge in [-0.3, -0.25) is 0 Å². The molecule has 152 valence electrons. The molecule has 1 fully saturated rings. The Morgan fingerprint density at radius 1 is 0.793 bits per heavy atom. The van der Waals surface area contributed by atoms with Crippen molar-refractivity contribution in [2.75, 3.05) is 0 Å². The number of fused-ring (bicyclic) bond motifs is 1. The van der Waals surface area contributed by atoms with Gasteiger partial charge in [-0.2, -0.15) is 0 Å². The summed E-state index contributed by atoms with van der Waals surface area (Å²) in [6, 6.07) is 9.61. The van der Waals surface area contributed by atoms with Gasteiger partial charge in [-0.25, -0.2) is 17.6 Å². The predicted molar refractivity (Wildman–Crippen MR) is 109 cm³/mol. The van der Waals surface area contributed by atoms with Crippen LogP contribution in [0.3, 0.4) is 0 Å². The fourth-order valence-electron chi connectivity index (χ4n) is 4.72. The van der Waals surface area contributed by atoms with Crippen molar-refractivity contribution < 1.29 is 17.6 Å². The molecule has 0 nitrogen and oxygen atoms in total. The third-order valence-electron chi connectivity index (χ3n) is 6.28. The van der Waals surface area contributed by atoms with Crippen LogP contribution < -0.4 is 0 Å². The predicted octanol–water partition coefficient (Wildman–Crippen LogP) is 8.14. The lowest BCUT2D eigenvalue weighted by atomic mass is 9.77. The third-order valence-corrected chi connectivity index (χ3v) is 6.28. The molecule has 1 saturated carbocycles. The van der Waals surface area contributed by atoms with Gasteiger partial charge in [-0.1, -0.05) is 38.0 Å². The number of rotatable bonds is 4. The Kier molecular flexibility index (Phi) is 5.62. The van der Waals surface area contributed by atoms with Crippen LogP contribution in [0.1, 0.15) is 56.9 Å². The molecule has 1 aliphatic carbocycles. The fraction of sp³-hybridized carbons (Fsp3) is 0.360. The molecule has 29 heavy (non-hydrogen) atoms. The molecular weight excluding hydrogens is 376 g/mol. The zero-order valence-corrected chi connectivity index (χ0v) is 16.5. The average Bonchev–Trinajstić information content (AvgIpc) is 2.71. The maximum absolute atomic E-state index is 14.9. The lowest BCUT2D eigenvalue weighted by Crippen LogP contribution is -2.13. The van der Waals surface area contributed by atoms with Crippen molar-refractivity contribution in [1.29, 1.82) is 0 Å². The second-order valence-corrected chi connectivity index (χ2v) is 8.16. The molecule has 0 unspecified atom stereocenters. The first-order chi connectivity index (χ1) is 14.0. The van der Waals surface area contributed by atoms with Crippen LogP contribution in [-0.4, -0.2) is 0 Å². The monoisotopic (exact) mass is 400 g/mol. The van der Waals surface area contributed by atoms with E-state index in [0.717, 1.165) is 37.7 Å². The first-order valence-corrected chi connectivity index (χ1v) is 10.3. The molecule has 0 saturated heterocycles. The fourth-order valence-corrected chi connectivity index (χ4v) is 4.72. The minimum Gasteiger partial charge on any atom is -0.206 e. The van der Waals surface area contributed by atoms with E-state index < -0.39 is 23.3 Å². The van der Waals surface area contributed by atoms with Crippen molar-refractivity contribution in [3.8, 4) is 11.1 Å². The second-order valence-electron chi connectivity index (χ2n) is 8.16. The Labute approximate surface area is 168 Å². The molecule has 0 bridgehead atoms. The van der Waals surface area contributed by atoms with Gasteiger partial charge in [0.2, 0.25) is 0 Å². The molecule has 0 N–H and O–H groups in total. The van der Waals surface area contributed by atoms with E-state index >= 15 is 0 Å². The van der Waals surface area contributed by atoms with Gasteiger partial charge in [0.1, 0.15) is 11.6 Å². The van der Waals surface area contributed by atoms with Crippen LogP contribution in [0.4, 0.5) is 17.6 Å². The first kappa shape index (κ1) is 19.9. The summed E-state index contributed by atoms with van der Waals surface area (Å²) in [5, 5.41) is 0.494. The number of hydrogen-bond donors (Lipinski definition) is 0. The molecule has 4 heteroatoms. The molecule has 0 atom stereocenters. The first-order valence-electron chi connectivity index (χ1n) is 10.3. The van der Waals surface area contributed by atoms with E-state index in [2.05, 4.69) is 6.92 Å². The molecule has 0 spiro atoms. The minimum absolute atomic E-state index is 0.0926. The lowest BCUT2D eigenvalue weighted by Gasteiger charge is -2.29. The van der Waals surface area contributed by atoms with E-state index in [0.29, 0.717) is 16.5 Å². The van der Waals surface area contributed by atoms with Crippen LogP contribution in [0.5, 0.6) is 0 Å². The highest BCUT2D eigenvalue weighted by atomic mass is 19.2. The maximum Gasteiger partial charge on any atom is 0.166 e. The Morgan fingerprint density at radius 2 is 1.48 bits per heavy atom. The Morgan fingerprint density at radius 3 is 2.14 bits per heavy atom. The van der Waals surface area contributed by atoms with Crippen LogP contribution in [0, 0.1) is 29.2 Å². The highest BCUT2D eigenvalue weighted by Crippen LogP contribution is 2.39. The summed E-state index contributed by atoms with van der Waals surface area (Å²) in [5.41, 5.74) is 0.907. The normalized spacial score (nSPS) is 19.6. The van der Waals surface area contributed by atoms with Crippen LogP contribution in [-0.2, 0) is 0 Å². The van der Waals surface area contributed by atoms with E-state index in [1.54, 1.807) is 0 Å². The molecule has 3 aromatic carbocycles. The van der Waals surface area contributed by atoms with Crippen LogP contribution >= 0.6 is 0 Å². The molecule has 0 amide bonds. The largest absolute Gasteiger partial charge is 0.206 e. The Balaban J connectivity index is 1.64. The SMILES string of the molecule is CCCC1CCC(c2cc(F)c(-c3ccc4c(F)c(F)ccc4c3)c(F)c2)CC1. The van der Waals surface area contributed by atoms with Gasteiger partial charge >= 0.3 is 0 Å². The van der Waals surface area contributed by atoms with Gasteiger partial charge in [-0.05, 0) is 78.3 Å². The third kappa shape index (κ3) is 3.90. The highest BCUT2D eigenvalue weighted by molar-refractivity contribution is 5.88. The van der Waals surface area contributed by atoms with E-state index in [1.807, 2.05) is 0 Å². The average molecular weight is 400 g/mol. The van der Waals surface area contributed by atoms with Gasteiger partial charge in [0, 0.05) is 5.39 Å². The van der Waals surface area contributed by atoms with Crippen molar-refractivity contribution in [2.24, 2.45) is 5.92 Å². The van der Waals surface area contributed by atoms with Crippen molar-refractivity contribution in [3.05, 3.63) is 71.3 Å². The van der Waals surface area contributed by atoms with Crippen LogP contribution in [0.2, 0.25) is 0 Å². The molecule has 0 heterocycles. The zero-order valence-electron chi connectivity index (χ0n) is 16.5. The molecule has 0 aromatic heterocycles. The lowest BCUT2D eigenvalue weighted by molar-refractivity contribution is 0.307. The smallest absolute Gasteiger partial charge is 0.166 e. The molecule has 1 aliphatic rings. The van der Waals surface area contributed by atoms with E-state index in [4.69, 9.17) is 0 Å². The summed E-state index contributed by atoms with van der Waals surface area (Å²) in [7, 11) is 0. The standard InChI is InChI=1S/C25H24F4/c1-2-3-15-4-6-16(7-5-15)19-13-22(27)24(23(28)14-19)18-8-10-20-17(12-18)9-11-21(26)25(20)29/h8-16H,2-7H2,1H3. The Bertz CT molecular complexity index is 1010. The molecule has 0 aliphatic heterocycles. The molecule has 4 rings (SSSR count). The van der Waals surface area contributed by atoms with Gasteiger partial charge in [0.15, 0.2) is 11.6 Å². The number of hydrogen-bond acceptors (Lipinski definition) is 0. The van der Waals surface area contributed by atoms with Crippen LogP contribution in [0.25, 0.3) is 21.9 Å². The van der Waals surface area contributed by atoms with Crippen molar-refractivity contribution in [1.82, 2.24) is 0 Å². The van der Waals surface area contributed by atoms with Crippen LogP contribution in [0.15, 0.2) is 42.5 Å². The van der Waals surface area contributed by atoms with Gasteiger partial charge in [-0.15, -0.1) is 0 Å². The summed E-state index contributed by atoms with van der Waals surface area (Å²) in [6.07, 6.45) is 6.54. The summed E-state index contributed by atoms with van der Waals surface area (Å²) in [4.78, 5) is 0. The molecule has 0 radical (unpaired) electrons. The van der Waals surface area contributed by atoms with Crippen molar-refractivity contribution >= 4 is 10.8 Å². The molecular formula is C25H24F4. The number of benzene rings is 3. The van der Waals surface area contributed by atoms with Crippen molar-refractivity contribution in [2.45, 2.75) is 51.4 Å². The number of halogens is 4. The second kappa shape index (κ2) is 8.17. The quantitative estimate of drug-likeness (QED) is 0.388. The van der Waals surface area contributed by atoms with Gasteiger partial charge in [0.25, 0.3) is 0 Å². The summed E-state index contributed by atoms with van der Waals surface area (Å²) < 4.78 is 57.1. The topological polar surface area (TPSA) is 0 Å². The summed E-state index contributed by atoms with van der Waals surface area (Å²) >= 11 is 0. The Hall–Kier alpha value is -2.36. The minimum atomic E-state index is -0.955. The maximum atomic E-state index is 14.9. The zero-order chi connectivity index (χ0) is 20.5. The highest BCUT2D eigenvalue weighted by Gasteiger charge is 2.24. The van der Waals surface area contributed by atoms with Gasteiger partial charge < -0.3 is 0 Å². The summed E-state index contributed by atoms with van der Waals surface area (Å²) in [5.74, 6) is -2.21. The van der Waals surface area contributed by atoms with E-state index in [1.165, 1.54) is 49.2 Å². The van der Waals surface area contributed by atoms with E-state index in [9.17, 15) is 17.6 Å². The molecule has 3 aromatic rings.